The fraction of sp³-hybridized carbons (Fsp3) is 0.800. The fourth-order valence-electron chi connectivity index (χ4n) is 0.899. The van der Waals surface area contributed by atoms with Crippen molar-refractivity contribution in [2.24, 2.45) is 5.73 Å². The summed E-state index contributed by atoms with van der Waals surface area (Å²) in [7, 11) is 0. The molecule has 0 aliphatic rings. The van der Waals surface area contributed by atoms with Crippen molar-refractivity contribution in [1.29, 1.82) is 0 Å². The monoisotopic (exact) mass is 252 g/mol. The van der Waals surface area contributed by atoms with Crippen LogP contribution in [0.4, 0.5) is 0 Å². The van der Waals surface area contributed by atoms with Gasteiger partial charge in [-0.2, -0.15) is 0 Å². The first-order chi connectivity index (χ1) is 6.85. The number of esters is 1. The Morgan fingerprint density at radius 3 is 2.31 bits per heavy atom. The van der Waals surface area contributed by atoms with Gasteiger partial charge in [0.25, 0.3) is 0 Å². The van der Waals surface area contributed by atoms with Crippen molar-refractivity contribution in [3.05, 3.63) is 0 Å². The van der Waals surface area contributed by atoms with Crippen molar-refractivity contribution < 1.29 is 14.3 Å². The number of carbonyl (C=O) groups excluding carboxylic acids is 2. The molecule has 0 aromatic carbocycles. The highest BCUT2D eigenvalue weighted by Crippen LogP contribution is 2.06. The van der Waals surface area contributed by atoms with E-state index in [1.54, 1.807) is 20.8 Å². The molecular formula is C10H21ClN2O3. The minimum atomic E-state index is -0.515. The zero-order chi connectivity index (χ0) is 11.9. The Kier molecular flexibility index (Phi) is 9.18. The highest BCUT2D eigenvalue weighted by atomic mass is 35.5. The number of nitrogens with two attached hydrogens (primary N) is 1. The summed E-state index contributed by atoms with van der Waals surface area (Å²) in [5, 5.41) is 2.47. The van der Waals surface area contributed by atoms with Crippen molar-refractivity contribution in [1.82, 2.24) is 5.32 Å². The van der Waals surface area contributed by atoms with Gasteiger partial charge in [-0.05, 0) is 33.7 Å². The molecule has 0 fully saturated rings. The van der Waals surface area contributed by atoms with Crippen LogP contribution in [0.15, 0.2) is 0 Å². The van der Waals surface area contributed by atoms with Crippen molar-refractivity contribution in [2.75, 3.05) is 13.1 Å². The zero-order valence-corrected chi connectivity index (χ0v) is 10.9. The van der Waals surface area contributed by atoms with Crippen LogP contribution in [0.2, 0.25) is 0 Å². The number of rotatable bonds is 5. The van der Waals surface area contributed by atoms with Gasteiger partial charge in [0.2, 0.25) is 5.91 Å². The largest absolute Gasteiger partial charge is 0.459 e. The van der Waals surface area contributed by atoms with Crippen LogP contribution < -0.4 is 11.1 Å². The molecule has 0 saturated carbocycles. The summed E-state index contributed by atoms with van der Waals surface area (Å²) in [4.78, 5) is 22.3. The summed E-state index contributed by atoms with van der Waals surface area (Å²) < 4.78 is 5.01. The Bertz CT molecular complexity index is 227. The molecule has 0 aromatic rings. The van der Waals surface area contributed by atoms with E-state index in [9.17, 15) is 9.59 Å². The van der Waals surface area contributed by atoms with Gasteiger partial charge in [0, 0.05) is 6.42 Å². The maximum absolute atomic E-state index is 11.2. The average molecular weight is 253 g/mol. The molecule has 1 amide bonds. The molecule has 16 heavy (non-hydrogen) atoms. The highest BCUT2D eigenvalue weighted by Gasteiger charge is 2.16. The lowest BCUT2D eigenvalue weighted by molar-refractivity contribution is -0.154. The van der Waals surface area contributed by atoms with Crippen molar-refractivity contribution >= 4 is 24.3 Å². The van der Waals surface area contributed by atoms with E-state index in [1.165, 1.54) is 0 Å². The molecule has 3 N–H and O–H groups in total. The smallest absolute Gasteiger partial charge is 0.325 e. The number of ether oxygens (including phenoxy) is 1. The van der Waals surface area contributed by atoms with Gasteiger partial charge < -0.3 is 15.8 Å². The van der Waals surface area contributed by atoms with Gasteiger partial charge in [0.15, 0.2) is 0 Å². The molecule has 0 bridgehead atoms. The van der Waals surface area contributed by atoms with Crippen molar-refractivity contribution in [2.45, 2.75) is 39.2 Å². The third kappa shape index (κ3) is 11.3. The number of halogens is 1. The standard InChI is InChI=1S/C10H20N2O3.ClH/c1-10(2,3)15-9(14)7-12-8(13)5-4-6-11;/h4-7,11H2,1-3H3,(H,12,13);1H. The molecule has 0 aromatic heterocycles. The topological polar surface area (TPSA) is 81.4 Å². The number of nitrogens with one attached hydrogen (secondary N) is 1. The van der Waals surface area contributed by atoms with Crippen LogP contribution in [-0.2, 0) is 14.3 Å². The van der Waals surface area contributed by atoms with E-state index >= 15 is 0 Å². The molecule has 0 heterocycles. The van der Waals surface area contributed by atoms with Crippen LogP contribution >= 0.6 is 12.4 Å². The van der Waals surface area contributed by atoms with E-state index in [0.717, 1.165) is 0 Å². The molecule has 0 saturated heterocycles. The van der Waals surface area contributed by atoms with Crippen LogP contribution in [0.3, 0.4) is 0 Å². The first-order valence-electron chi connectivity index (χ1n) is 5.04. The molecule has 0 radical (unpaired) electrons. The van der Waals surface area contributed by atoms with Gasteiger partial charge in [-0.25, -0.2) is 0 Å². The van der Waals surface area contributed by atoms with Gasteiger partial charge in [-0.15, -0.1) is 12.4 Å². The van der Waals surface area contributed by atoms with Crippen LogP contribution in [-0.4, -0.2) is 30.6 Å². The SMILES string of the molecule is CC(C)(C)OC(=O)CNC(=O)CCCN.Cl. The van der Waals surface area contributed by atoms with E-state index in [4.69, 9.17) is 10.5 Å². The van der Waals surface area contributed by atoms with E-state index in [0.29, 0.717) is 19.4 Å². The Balaban J connectivity index is 0. The first-order valence-corrected chi connectivity index (χ1v) is 5.04. The minimum absolute atomic E-state index is 0. The molecule has 0 aliphatic carbocycles. The summed E-state index contributed by atoms with van der Waals surface area (Å²) >= 11 is 0. The molecule has 96 valence electrons. The average Bonchev–Trinajstić information content (AvgIpc) is 2.08. The van der Waals surface area contributed by atoms with E-state index < -0.39 is 11.6 Å². The van der Waals surface area contributed by atoms with E-state index in [2.05, 4.69) is 5.32 Å². The Labute approximate surface area is 103 Å². The fourth-order valence-corrected chi connectivity index (χ4v) is 0.899. The Morgan fingerprint density at radius 2 is 1.88 bits per heavy atom. The predicted octanol–water partition coefficient (Wildman–Crippen LogP) is 0.605. The van der Waals surface area contributed by atoms with Gasteiger partial charge in [0.05, 0.1) is 0 Å². The van der Waals surface area contributed by atoms with Gasteiger partial charge >= 0.3 is 5.97 Å². The van der Waals surface area contributed by atoms with Crippen LogP contribution in [0.1, 0.15) is 33.6 Å². The molecule has 0 spiro atoms. The Hall–Kier alpha value is -0.810. The van der Waals surface area contributed by atoms with Crippen LogP contribution in [0.25, 0.3) is 0 Å². The van der Waals surface area contributed by atoms with Gasteiger partial charge in [-0.1, -0.05) is 0 Å². The molecule has 6 heteroatoms. The summed E-state index contributed by atoms with van der Waals surface area (Å²) in [6.07, 6.45) is 0.972. The second-order valence-corrected chi connectivity index (χ2v) is 4.26. The molecule has 0 rings (SSSR count). The van der Waals surface area contributed by atoms with Gasteiger partial charge in [0.1, 0.15) is 12.1 Å². The molecule has 5 nitrogen and oxygen atoms in total. The van der Waals surface area contributed by atoms with Crippen molar-refractivity contribution in [3.8, 4) is 0 Å². The maximum Gasteiger partial charge on any atom is 0.325 e. The predicted molar refractivity (Wildman–Crippen MR) is 64.4 cm³/mol. The van der Waals surface area contributed by atoms with Gasteiger partial charge in [-0.3, -0.25) is 9.59 Å². The second kappa shape index (κ2) is 8.35. The third-order valence-electron chi connectivity index (χ3n) is 1.46. The van der Waals surface area contributed by atoms with Crippen LogP contribution in [0.5, 0.6) is 0 Å². The lowest BCUT2D eigenvalue weighted by atomic mass is 10.2. The quantitative estimate of drug-likeness (QED) is 0.703. The summed E-state index contributed by atoms with van der Waals surface area (Å²) in [6, 6.07) is 0. The van der Waals surface area contributed by atoms with E-state index in [1.807, 2.05) is 0 Å². The Morgan fingerprint density at radius 1 is 1.31 bits per heavy atom. The lowest BCUT2D eigenvalue weighted by Crippen LogP contribution is -2.34. The van der Waals surface area contributed by atoms with Crippen LogP contribution in [0, 0.1) is 0 Å². The minimum Gasteiger partial charge on any atom is -0.459 e. The molecule has 0 atom stereocenters. The number of hydrogen-bond donors (Lipinski definition) is 2. The molecule has 0 aliphatic heterocycles. The highest BCUT2D eigenvalue weighted by molar-refractivity contribution is 5.85. The number of carbonyl (C=O) groups is 2. The normalized spacial score (nSPS) is 10.2. The molecule has 0 unspecified atom stereocenters. The summed E-state index contributed by atoms with van der Waals surface area (Å²) in [5.41, 5.74) is 4.73. The number of amides is 1. The summed E-state index contributed by atoms with van der Waals surface area (Å²) in [5.74, 6) is -0.602. The zero-order valence-electron chi connectivity index (χ0n) is 10.0. The van der Waals surface area contributed by atoms with Crippen molar-refractivity contribution in [3.63, 3.8) is 0 Å². The third-order valence-corrected chi connectivity index (χ3v) is 1.46. The summed E-state index contributed by atoms with van der Waals surface area (Å²) in [6.45, 7) is 5.73. The first kappa shape index (κ1) is 17.6. The number of hydrogen-bond acceptors (Lipinski definition) is 4. The lowest BCUT2D eigenvalue weighted by Gasteiger charge is -2.19. The second-order valence-electron chi connectivity index (χ2n) is 4.26. The van der Waals surface area contributed by atoms with E-state index in [-0.39, 0.29) is 24.9 Å². The maximum atomic E-state index is 11.2. The molecular weight excluding hydrogens is 232 g/mol.